The van der Waals surface area contributed by atoms with Crippen LogP contribution in [0, 0.1) is 5.82 Å². The number of unbranched alkanes of at least 4 members (excludes halogenated alkanes) is 1. The van der Waals surface area contributed by atoms with Crippen molar-refractivity contribution in [3.8, 4) is 17.0 Å². The van der Waals surface area contributed by atoms with Gasteiger partial charge >= 0.3 is 0 Å². The highest BCUT2D eigenvalue weighted by atomic mass is 32.1. The largest absolute Gasteiger partial charge is 0.493 e. The number of carbonyl (C=O) groups is 1. The zero-order valence-corrected chi connectivity index (χ0v) is 16.3. The van der Waals surface area contributed by atoms with Crippen molar-refractivity contribution in [2.75, 3.05) is 11.9 Å². The molecule has 2 aromatic carbocycles. The fourth-order valence-electron chi connectivity index (χ4n) is 2.47. The van der Waals surface area contributed by atoms with Gasteiger partial charge in [0.15, 0.2) is 5.13 Å². The minimum Gasteiger partial charge on any atom is -0.493 e. The van der Waals surface area contributed by atoms with Crippen LogP contribution in [0.5, 0.6) is 5.75 Å². The topological polar surface area (TPSA) is 51.2 Å². The molecule has 1 amide bonds. The van der Waals surface area contributed by atoms with E-state index in [1.807, 2.05) is 29.6 Å². The summed E-state index contributed by atoms with van der Waals surface area (Å²) in [5.74, 6) is 0.188. The van der Waals surface area contributed by atoms with Gasteiger partial charge in [0.2, 0.25) is 5.91 Å². The second-order valence-electron chi connectivity index (χ2n) is 6.11. The second kappa shape index (κ2) is 9.80. The lowest BCUT2D eigenvalue weighted by molar-refractivity contribution is -0.111. The summed E-state index contributed by atoms with van der Waals surface area (Å²) in [5.41, 5.74) is 2.34. The van der Waals surface area contributed by atoms with E-state index in [1.54, 1.807) is 18.2 Å². The summed E-state index contributed by atoms with van der Waals surface area (Å²) in [4.78, 5) is 16.6. The fraction of sp³-hybridized carbons (Fsp3) is 0.182. The van der Waals surface area contributed by atoms with Gasteiger partial charge in [-0.05, 0) is 42.8 Å². The summed E-state index contributed by atoms with van der Waals surface area (Å²) in [6.45, 7) is 2.76. The Hall–Kier alpha value is -2.99. The number of rotatable bonds is 8. The van der Waals surface area contributed by atoms with E-state index in [0.717, 1.165) is 29.7 Å². The van der Waals surface area contributed by atoms with Gasteiger partial charge in [-0.3, -0.25) is 10.1 Å². The van der Waals surface area contributed by atoms with Crippen LogP contribution < -0.4 is 10.1 Å². The molecule has 28 heavy (non-hydrogen) atoms. The summed E-state index contributed by atoms with van der Waals surface area (Å²) in [5, 5.41) is 5.06. The molecule has 144 valence electrons. The number of para-hydroxylation sites is 1. The highest BCUT2D eigenvalue weighted by molar-refractivity contribution is 7.14. The Morgan fingerprint density at radius 1 is 1.21 bits per heavy atom. The maximum absolute atomic E-state index is 13.0. The fourth-order valence-corrected chi connectivity index (χ4v) is 3.20. The summed E-state index contributed by atoms with van der Waals surface area (Å²) in [6, 6.07) is 13.7. The summed E-state index contributed by atoms with van der Waals surface area (Å²) < 4.78 is 18.8. The van der Waals surface area contributed by atoms with Crippen molar-refractivity contribution < 1.29 is 13.9 Å². The van der Waals surface area contributed by atoms with E-state index in [2.05, 4.69) is 17.2 Å². The molecule has 0 saturated carbocycles. The Morgan fingerprint density at radius 2 is 2.00 bits per heavy atom. The van der Waals surface area contributed by atoms with Gasteiger partial charge in [0, 0.05) is 22.6 Å². The minimum absolute atomic E-state index is 0.275. The zero-order chi connectivity index (χ0) is 19.8. The number of hydrogen-bond donors (Lipinski definition) is 1. The number of aromatic nitrogens is 1. The molecule has 0 aliphatic carbocycles. The molecule has 0 aliphatic rings. The predicted molar refractivity (Wildman–Crippen MR) is 112 cm³/mol. The smallest absolute Gasteiger partial charge is 0.250 e. The van der Waals surface area contributed by atoms with Gasteiger partial charge in [0.05, 0.1) is 12.3 Å². The maximum Gasteiger partial charge on any atom is 0.250 e. The van der Waals surface area contributed by atoms with Crippen molar-refractivity contribution in [1.29, 1.82) is 0 Å². The molecule has 0 atom stereocenters. The highest BCUT2D eigenvalue weighted by Crippen LogP contribution is 2.25. The molecule has 0 saturated heterocycles. The van der Waals surface area contributed by atoms with Crippen molar-refractivity contribution >= 4 is 28.5 Å². The van der Waals surface area contributed by atoms with Crippen molar-refractivity contribution in [1.82, 2.24) is 4.98 Å². The third kappa shape index (κ3) is 5.50. The van der Waals surface area contributed by atoms with E-state index < -0.39 is 0 Å². The van der Waals surface area contributed by atoms with E-state index in [-0.39, 0.29) is 11.7 Å². The number of ether oxygens (including phenoxy) is 1. The zero-order valence-electron chi connectivity index (χ0n) is 15.5. The normalized spacial score (nSPS) is 10.9. The monoisotopic (exact) mass is 396 g/mol. The molecule has 3 rings (SSSR count). The van der Waals surface area contributed by atoms with Crippen LogP contribution in [0.1, 0.15) is 25.3 Å². The molecule has 1 heterocycles. The Balaban J connectivity index is 1.62. The van der Waals surface area contributed by atoms with Gasteiger partial charge < -0.3 is 4.74 Å². The molecule has 4 nitrogen and oxygen atoms in total. The number of benzene rings is 2. The average molecular weight is 396 g/mol. The quantitative estimate of drug-likeness (QED) is 0.388. The number of nitrogens with one attached hydrogen (secondary N) is 1. The molecular formula is C22H21FN2O2S. The van der Waals surface area contributed by atoms with Gasteiger partial charge in [0.25, 0.3) is 0 Å². The Bertz CT molecular complexity index is 951. The Kier molecular flexibility index (Phi) is 6.92. The summed E-state index contributed by atoms with van der Waals surface area (Å²) in [6.07, 6.45) is 5.24. The average Bonchev–Trinajstić information content (AvgIpc) is 3.16. The number of halogens is 1. The molecule has 0 fully saturated rings. The van der Waals surface area contributed by atoms with Crippen LogP contribution in [0.25, 0.3) is 17.3 Å². The van der Waals surface area contributed by atoms with Gasteiger partial charge in [0.1, 0.15) is 11.6 Å². The molecule has 1 N–H and O–H groups in total. The molecule has 1 aromatic heterocycles. The van der Waals surface area contributed by atoms with Gasteiger partial charge in [-0.15, -0.1) is 11.3 Å². The molecule has 0 bridgehead atoms. The van der Waals surface area contributed by atoms with E-state index in [9.17, 15) is 9.18 Å². The van der Waals surface area contributed by atoms with E-state index in [0.29, 0.717) is 17.4 Å². The maximum atomic E-state index is 13.0. The van der Waals surface area contributed by atoms with E-state index in [1.165, 1.54) is 29.5 Å². The molecule has 0 radical (unpaired) electrons. The van der Waals surface area contributed by atoms with Crippen LogP contribution in [-0.4, -0.2) is 17.5 Å². The van der Waals surface area contributed by atoms with Crippen LogP contribution >= 0.6 is 11.3 Å². The highest BCUT2D eigenvalue weighted by Gasteiger charge is 2.07. The van der Waals surface area contributed by atoms with Crippen LogP contribution in [0.4, 0.5) is 9.52 Å². The van der Waals surface area contributed by atoms with Crippen molar-refractivity contribution in [2.45, 2.75) is 19.8 Å². The lowest BCUT2D eigenvalue weighted by Gasteiger charge is -2.08. The van der Waals surface area contributed by atoms with E-state index >= 15 is 0 Å². The first-order valence-electron chi connectivity index (χ1n) is 9.08. The lowest BCUT2D eigenvalue weighted by atomic mass is 10.2. The van der Waals surface area contributed by atoms with Crippen LogP contribution in [-0.2, 0) is 4.79 Å². The molecule has 6 heteroatoms. The third-order valence-electron chi connectivity index (χ3n) is 3.96. The van der Waals surface area contributed by atoms with E-state index in [4.69, 9.17) is 4.74 Å². The summed E-state index contributed by atoms with van der Waals surface area (Å²) >= 11 is 1.32. The minimum atomic E-state index is -0.295. The number of anilines is 1. The van der Waals surface area contributed by atoms with Gasteiger partial charge in [-0.25, -0.2) is 9.37 Å². The van der Waals surface area contributed by atoms with Gasteiger partial charge in [-0.1, -0.05) is 31.5 Å². The molecule has 0 aliphatic heterocycles. The van der Waals surface area contributed by atoms with Crippen molar-refractivity contribution in [3.63, 3.8) is 0 Å². The first kappa shape index (κ1) is 19.8. The van der Waals surface area contributed by atoms with Crippen molar-refractivity contribution in [3.05, 3.63) is 71.4 Å². The predicted octanol–water partition coefficient (Wildman–Crippen LogP) is 5.78. The molecule has 3 aromatic rings. The SMILES string of the molecule is CCCCOc1ccccc1/C=C/C(=O)Nc1nc(-c2ccc(F)cc2)cs1. The van der Waals surface area contributed by atoms with Crippen LogP contribution in [0.15, 0.2) is 60.0 Å². The Labute approximate surface area is 167 Å². The molecule has 0 unspecified atom stereocenters. The number of hydrogen-bond acceptors (Lipinski definition) is 4. The first-order chi connectivity index (χ1) is 13.7. The van der Waals surface area contributed by atoms with Crippen LogP contribution in [0.2, 0.25) is 0 Å². The van der Waals surface area contributed by atoms with Crippen LogP contribution in [0.3, 0.4) is 0 Å². The Morgan fingerprint density at radius 3 is 2.79 bits per heavy atom. The number of carbonyl (C=O) groups excluding carboxylic acids is 1. The summed E-state index contributed by atoms with van der Waals surface area (Å²) in [7, 11) is 0. The molecular weight excluding hydrogens is 375 g/mol. The third-order valence-corrected chi connectivity index (χ3v) is 4.72. The number of nitrogens with zero attached hydrogens (tertiary/aromatic N) is 1. The standard InChI is InChI=1S/C22H21FN2O2S/c1-2-3-14-27-20-7-5-4-6-17(20)10-13-21(26)25-22-24-19(15-28-22)16-8-11-18(23)12-9-16/h4-13,15H,2-3,14H2,1H3,(H,24,25,26)/b13-10+. The number of thiazole rings is 1. The molecule has 0 spiro atoms. The second-order valence-corrected chi connectivity index (χ2v) is 6.97. The van der Waals surface area contributed by atoms with Crippen molar-refractivity contribution in [2.24, 2.45) is 0 Å². The lowest BCUT2D eigenvalue weighted by Crippen LogP contribution is -2.07. The number of amides is 1. The first-order valence-corrected chi connectivity index (χ1v) is 9.96. The van der Waals surface area contributed by atoms with Gasteiger partial charge in [-0.2, -0.15) is 0 Å².